The smallest absolute Gasteiger partial charge is 0.178 e. The second-order valence-corrected chi connectivity index (χ2v) is 8.70. The third-order valence-electron chi connectivity index (χ3n) is 7.75. The van der Waals surface area contributed by atoms with Gasteiger partial charge in [0, 0.05) is 5.41 Å². The molecule has 0 aromatic carbocycles. The van der Waals surface area contributed by atoms with Gasteiger partial charge in [0.05, 0.1) is 0 Å². The Kier molecular flexibility index (Phi) is 3.67. The lowest BCUT2D eigenvalue weighted by atomic mass is 9.48. The van der Waals surface area contributed by atoms with E-state index < -0.39 is 6.29 Å². The summed E-state index contributed by atoms with van der Waals surface area (Å²) >= 11 is 0. The SMILES string of the molecule is C[C@]12C=CC(=O)C=C1CC[C@@H]1[C@@H]2CC[C@]2(C)C(=CC(O)O)CC[C@@H]12. The normalized spacial score (nSPS) is 45.9. The summed E-state index contributed by atoms with van der Waals surface area (Å²) in [6.45, 7) is 4.66. The Morgan fingerprint density at radius 3 is 2.71 bits per heavy atom. The molecule has 3 fully saturated rings. The van der Waals surface area contributed by atoms with E-state index in [0.717, 1.165) is 32.1 Å². The van der Waals surface area contributed by atoms with E-state index in [-0.39, 0.29) is 16.6 Å². The molecule has 0 radical (unpaired) electrons. The Morgan fingerprint density at radius 2 is 1.96 bits per heavy atom. The van der Waals surface area contributed by atoms with Crippen LogP contribution in [0.3, 0.4) is 0 Å². The van der Waals surface area contributed by atoms with E-state index in [4.69, 9.17) is 0 Å². The molecule has 4 aliphatic rings. The first-order valence-electron chi connectivity index (χ1n) is 9.36. The van der Waals surface area contributed by atoms with Crippen LogP contribution in [0.5, 0.6) is 0 Å². The fraction of sp³-hybridized carbons (Fsp3) is 0.667. The average molecular weight is 328 g/mol. The first-order chi connectivity index (χ1) is 11.3. The zero-order chi connectivity index (χ0) is 17.1. The number of hydrogen-bond acceptors (Lipinski definition) is 3. The van der Waals surface area contributed by atoms with Gasteiger partial charge in [0.2, 0.25) is 0 Å². The Morgan fingerprint density at radius 1 is 1.17 bits per heavy atom. The summed E-state index contributed by atoms with van der Waals surface area (Å²) in [4.78, 5) is 11.8. The lowest BCUT2D eigenvalue weighted by Crippen LogP contribution is -2.48. The summed E-state index contributed by atoms with van der Waals surface area (Å²) in [5, 5.41) is 18.8. The Hall–Kier alpha value is -1.19. The standard InChI is InChI=1S/C21H28O3/c1-20-9-7-15(22)11-13(20)3-5-16-17-6-4-14(12-19(23)24)21(17,2)10-8-18(16)20/h7,9,11-12,16-19,23-24H,3-6,8,10H2,1-2H3/t16-,17-,18-,20-,21+/m0/s1. The third kappa shape index (κ3) is 2.21. The van der Waals surface area contributed by atoms with Crippen LogP contribution in [0.2, 0.25) is 0 Å². The second-order valence-electron chi connectivity index (χ2n) is 8.70. The number of fused-ring (bicyclic) bond motifs is 5. The van der Waals surface area contributed by atoms with Gasteiger partial charge in [-0.05, 0) is 79.9 Å². The van der Waals surface area contributed by atoms with Crippen molar-refractivity contribution in [1.82, 2.24) is 0 Å². The quantitative estimate of drug-likeness (QED) is 0.572. The van der Waals surface area contributed by atoms with E-state index in [1.54, 1.807) is 12.2 Å². The van der Waals surface area contributed by atoms with E-state index in [0.29, 0.717) is 17.8 Å². The second kappa shape index (κ2) is 5.40. The lowest BCUT2D eigenvalue weighted by Gasteiger charge is -2.56. The molecule has 0 aromatic rings. The summed E-state index contributed by atoms with van der Waals surface area (Å²) < 4.78 is 0. The van der Waals surface area contributed by atoms with E-state index >= 15 is 0 Å². The molecule has 4 aliphatic carbocycles. The number of carbonyl (C=O) groups excluding carboxylic acids is 1. The van der Waals surface area contributed by atoms with Gasteiger partial charge in [-0.15, -0.1) is 0 Å². The number of allylic oxidation sites excluding steroid dienone is 5. The predicted octanol–water partition coefficient (Wildman–Crippen LogP) is 3.53. The van der Waals surface area contributed by atoms with Crippen molar-refractivity contribution < 1.29 is 15.0 Å². The number of hydrogen-bond donors (Lipinski definition) is 2. The molecule has 24 heavy (non-hydrogen) atoms. The molecule has 130 valence electrons. The van der Waals surface area contributed by atoms with Crippen molar-refractivity contribution in [3.63, 3.8) is 0 Å². The highest BCUT2D eigenvalue weighted by Crippen LogP contribution is 2.65. The van der Waals surface area contributed by atoms with Gasteiger partial charge in [-0.25, -0.2) is 0 Å². The maximum absolute atomic E-state index is 11.8. The summed E-state index contributed by atoms with van der Waals surface area (Å²) in [7, 11) is 0. The summed E-state index contributed by atoms with van der Waals surface area (Å²) in [6.07, 6.45) is 12.8. The molecule has 5 atom stereocenters. The van der Waals surface area contributed by atoms with Crippen molar-refractivity contribution >= 4 is 5.78 Å². The lowest BCUT2D eigenvalue weighted by molar-refractivity contribution is -0.111. The molecular weight excluding hydrogens is 300 g/mol. The Balaban J connectivity index is 1.67. The highest BCUT2D eigenvalue weighted by atomic mass is 16.5. The maximum atomic E-state index is 11.8. The summed E-state index contributed by atoms with van der Waals surface area (Å²) in [6, 6.07) is 0. The number of aliphatic hydroxyl groups excluding tert-OH is 1. The molecule has 0 bridgehead atoms. The Labute approximate surface area is 144 Å². The van der Waals surface area contributed by atoms with Crippen molar-refractivity contribution in [3.05, 3.63) is 35.5 Å². The fourth-order valence-electron chi connectivity index (χ4n) is 6.50. The molecule has 4 rings (SSSR count). The zero-order valence-corrected chi connectivity index (χ0v) is 14.7. The summed E-state index contributed by atoms with van der Waals surface area (Å²) in [5.41, 5.74) is 2.75. The largest absolute Gasteiger partial charge is 0.365 e. The molecule has 0 unspecified atom stereocenters. The van der Waals surface area contributed by atoms with Gasteiger partial charge in [-0.3, -0.25) is 4.79 Å². The molecule has 0 saturated heterocycles. The van der Waals surface area contributed by atoms with Crippen LogP contribution >= 0.6 is 0 Å². The van der Waals surface area contributed by atoms with Crippen LogP contribution in [0.15, 0.2) is 35.5 Å². The number of rotatable bonds is 1. The molecule has 0 aliphatic heterocycles. The maximum Gasteiger partial charge on any atom is 0.178 e. The van der Waals surface area contributed by atoms with Gasteiger partial charge in [0.25, 0.3) is 0 Å². The van der Waals surface area contributed by atoms with Crippen LogP contribution in [-0.4, -0.2) is 22.3 Å². The van der Waals surface area contributed by atoms with Crippen molar-refractivity contribution in [2.75, 3.05) is 0 Å². The molecule has 3 heteroatoms. The van der Waals surface area contributed by atoms with Crippen LogP contribution in [-0.2, 0) is 4.79 Å². The van der Waals surface area contributed by atoms with Crippen LogP contribution < -0.4 is 0 Å². The van der Waals surface area contributed by atoms with Crippen LogP contribution in [0.4, 0.5) is 0 Å². The molecule has 0 aromatic heterocycles. The minimum atomic E-state index is -1.33. The van der Waals surface area contributed by atoms with Gasteiger partial charge in [-0.1, -0.05) is 31.1 Å². The topological polar surface area (TPSA) is 57.5 Å². The summed E-state index contributed by atoms with van der Waals surface area (Å²) in [5.74, 6) is 2.05. The van der Waals surface area contributed by atoms with Gasteiger partial charge in [0.15, 0.2) is 12.1 Å². The van der Waals surface area contributed by atoms with E-state index in [1.165, 1.54) is 17.6 Å². The van der Waals surface area contributed by atoms with Crippen LogP contribution in [0, 0.1) is 28.6 Å². The minimum absolute atomic E-state index is 0.0428. The van der Waals surface area contributed by atoms with Gasteiger partial charge in [-0.2, -0.15) is 0 Å². The first kappa shape index (κ1) is 16.3. The first-order valence-corrected chi connectivity index (χ1v) is 9.36. The highest BCUT2D eigenvalue weighted by Gasteiger charge is 2.56. The van der Waals surface area contributed by atoms with E-state index in [2.05, 4.69) is 19.9 Å². The number of carbonyl (C=O) groups is 1. The molecule has 2 N–H and O–H groups in total. The van der Waals surface area contributed by atoms with Crippen molar-refractivity contribution in [2.24, 2.45) is 28.6 Å². The van der Waals surface area contributed by atoms with Crippen LogP contribution in [0.25, 0.3) is 0 Å². The molecule has 0 heterocycles. The molecule has 3 nitrogen and oxygen atoms in total. The predicted molar refractivity (Wildman–Crippen MR) is 92.9 cm³/mol. The zero-order valence-electron chi connectivity index (χ0n) is 14.7. The van der Waals surface area contributed by atoms with Crippen molar-refractivity contribution in [2.45, 2.75) is 58.7 Å². The highest BCUT2D eigenvalue weighted by molar-refractivity contribution is 6.01. The molecular formula is C21H28O3. The van der Waals surface area contributed by atoms with Crippen LogP contribution in [0.1, 0.15) is 52.4 Å². The van der Waals surface area contributed by atoms with Gasteiger partial charge >= 0.3 is 0 Å². The number of ketones is 1. The van der Waals surface area contributed by atoms with Crippen molar-refractivity contribution in [1.29, 1.82) is 0 Å². The molecule has 0 amide bonds. The van der Waals surface area contributed by atoms with Gasteiger partial charge in [0.1, 0.15) is 0 Å². The van der Waals surface area contributed by atoms with E-state index in [1.807, 2.05) is 6.08 Å². The monoisotopic (exact) mass is 328 g/mol. The minimum Gasteiger partial charge on any atom is -0.365 e. The van der Waals surface area contributed by atoms with Crippen molar-refractivity contribution in [3.8, 4) is 0 Å². The molecule has 0 spiro atoms. The fourth-order valence-corrected chi connectivity index (χ4v) is 6.50. The van der Waals surface area contributed by atoms with Gasteiger partial charge < -0.3 is 10.2 Å². The third-order valence-corrected chi connectivity index (χ3v) is 7.75. The number of aliphatic hydroxyl groups is 2. The Bertz CT molecular complexity index is 656. The average Bonchev–Trinajstić information content (AvgIpc) is 2.84. The molecule has 3 saturated carbocycles. The van der Waals surface area contributed by atoms with E-state index in [9.17, 15) is 15.0 Å².